The average molecular weight is 343 g/mol. The van der Waals surface area contributed by atoms with Gasteiger partial charge in [-0.05, 0) is 32.1 Å². The predicted octanol–water partition coefficient (Wildman–Crippen LogP) is 0.933. The molecule has 0 bridgehead atoms. The Kier molecular flexibility index (Phi) is 10.1. The number of rotatable bonds is 10. The lowest BCUT2D eigenvalue weighted by Crippen LogP contribution is -2.39. The first kappa shape index (κ1) is 19.4. The van der Waals surface area contributed by atoms with Crippen molar-refractivity contribution in [1.29, 1.82) is 0 Å². The fourth-order valence-corrected chi connectivity index (χ4v) is 2.77. The van der Waals surface area contributed by atoms with Crippen molar-refractivity contribution in [3.8, 4) is 0 Å². The minimum atomic E-state index is 0.290. The van der Waals surface area contributed by atoms with Gasteiger partial charge >= 0.3 is 0 Å². The van der Waals surface area contributed by atoms with Crippen molar-refractivity contribution in [2.75, 3.05) is 59.8 Å². The average Bonchev–Trinajstić information content (AvgIpc) is 3.14. The Balaban J connectivity index is 1.40. The molecule has 0 aromatic rings. The lowest BCUT2D eigenvalue weighted by Gasteiger charge is -2.22. The van der Waals surface area contributed by atoms with Crippen molar-refractivity contribution in [3.05, 3.63) is 0 Å². The molecule has 7 heteroatoms. The molecule has 2 aliphatic heterocycles. The first-order valence-electron chi connectivity index (χ1n) is 9.21. The Morgan fingerprint density at radius 2 is 1.50 bits per heavy atom. The van der Waals surface area contributed by atoms with Gasteiger partial charge in [-0.1, -0.05) is 0 Å². The fraction of sp³-hybridized carbons (Fsp3) is 0.941. The van der Waals surface area contributed by atoms with Gasteiger partial charge in [-0.3, -0.25) is 4.99 Å². The van der Waals surface area contributed by atoms with Crippen LogP contribution in [0.4, 0.5) is 0 Å². The molecule has 24 heavy (non-hydrogen) atoms. The van der Waals surface area contributed by atoms with E-state index < -0.39 is 0 Å². The molecule has 2 saturated heterocycles. The third-order valence-corrected chi connectivity index (χ3v) is 4.21. The molecule has 0 aromatic heterocycles. The van der Waals surface area contributed by atoms with Gasteiger partial charge in [-0.15, -0.1) is 0 Å². The van der Waals surface area contributed by atoms with Crippen LogP contribution in [0, 0.1) is 0 Å². The van der Waals surface area contributed by atoms with Gasteiger partial charge in [-0.2, -0.15) is 0 Å². The van der Waals surface area contributed by atoms with Gasteiger partial charge in [0.1, 0.15) is 0 Å². The summed E-state index contributed by atoms with van der Waals surface area (Å²) in [6, 6.07) is 0. The zero-order chi connectivity index (χ0) is 16.9. The van der Waals surface area contributed by atoms with Gasteiger partial charge < -0.3 is 29.6 Å². The number of guanidine groups is 1. The minimum absolute atomic E-state index is 0.290. The number of hydrogen-bond donors (Lipinski definition) is 2. The molecule has 0 saturated carbocycles. The molecule has 2 aliphatic rings. The molecule has 2 heterocycles. The van der Waals surface area contributed by atoms with Gasteiger partial charge in [0, 0.05) is 53.2 Å². The molecule has 2 rings (SSSR count). The number of hydrogen-bond acceptors (Lipinski definition) is 5. The standard InChI is InChI=1S/C17H33N3O4/c1-18-17(20-8-3-10-24-16-6-13-22-14-16)19-7-2-9-23-15-4-11-21-12-5-15/h15-16H,2-14H2,1H3,(H2,18,19,20). The number of nitrogens with zero attached hydrogens (tertiary/aromatic N) is 1. The largest absolute Gasteiger partial charge is 0.381 e. The first-order valence-corrected chi connectivity index (χ1v) is 9.21. The van der Waals surface area contributed by atoms with E-state index in [1.54, 1.807) is 7.05 Å². The molecule has 2 fully saturated rings. The Bertz CT molecular complexity index is 343. The highest BCUT2D eigenvalue weighted by atomic mass is 16.5. The van der Waals surface area contributed by atoms with Gasteiger partial charge in [0.2, 0.25) is 0 Å². The smallest absolute Gasteiger partial charge is 0.190 e. The van der Waals surface area contributed by atoms with E-state index in [0.717, 1.165) is 90.8 Å². The summed E-state index contributed by atoms with van der Waals surface area (Å²) >= 11 is 0. The fourth-order valence-electron chi connectivity index (χ4n) is 2.77. The monoisotopic (exact) mass is 343 g/mol. The van der Waals surface area contributed by atoms with Crippen LogP contribution in [-0.4, -0.2) is 77.9 Å². The van der Waals surface area contributed by atoms with Crippen LogP contribution in [0.25, 0.3) is 0 Å². The minimum Gasteiger partial charge on any atom is -0.381 e. The van der Waals surface area contributed by atoms with Crippen LogP contribution in [0.1, 0.15) is 32.1 Å². The van der Waals surface area contributed by atoms with Gasteiger partial charge in [0.25, 0.3) is 0 Å². The van der Waals surface area contributed by atoms with Crippen LogP contribution < -0.4 is 10.6 Å². The van der Waals surface area contributed by atoms with Crippen molar-refractivity contribution in [2.45, 2.75) is 44.3 Å². The Labute approximate surface area is 145 Å². The lowest BCUT2D eigenvalue weighted by molar-refractivity contribution is -0.0320. The van der Waals surface area contributed by atoms with Crippen LogP contribution >= 0.6 is 0 Å². The summed E-state index contributed by atoms with van der Waals surface area (Å²) in [6.07, 6.45) is 5.66. The molecule has 0 radical (unpaired) electrons. The third-order valence-electron chi connectivity index (χ3n) is 4.21. The second-order valence-electron chi connectivity index (χ2n) is 6.17. The summed E-state index contributed by atoms with van der Waals surface area (Å²) in [4.78, 5) is 4.23. The predicted molar refractivity (Wildman–Crippen MR) is 93.6 cm³/mol. The summed E-state index contributed by atoms with van der Waals surface area (Å²) in [5, 5.41) is 6.62. The number of aliphatic imine (C=N–C) groups is 1. The molecule has 1 atom stereocenters. The van der Waals surface area contributed by atoms with Crippen LogP contribution in [0.2, 0.25) is 0 Å². The zero-order valence-corrected chi connectivity index (χ0v) is 14.9. The van der Waals surface area contributed by atoms with E-state index in [0.29, 0.717) is 6.10 Å². The summed E-state index contributed by atoms with van der Waals surface area (Å²) < 4.78 is 22.2. The molecule has 0 spiro atoms. The third kappa shape index (κ3) is 8.28. The van der Waals surface area contributed by atoms with Crippen LogP contribution in [0.3, 0.4) is 0 Å². The van der Waals surface area contributed by atoms with E-state index in [4.69, 9.17) is 18.9 Å². The molecule has 0 aliphatic carbocycles. The van der Waals surface area contributed by atoms with Gasteiger partial charge in [0.05, 0.1) is 18.8 Å². The van der Waals surface area contributed by atoms with E-state index >= 15 is 0 Å². The van der Waals surface area contributed by atoms with E-state index in [2.05, 4.69) is 15.6 Å². The van der Waals surface area contributed by atoms with E-state index in [1.165, 1.54) is 0 Å². The Hall–Kier alpha value is -0.890. The SMILES string of the molecule is CN=C(NCCCOC1CCOCC1)NCCCOC1CCOC1. The number of ether oxygens (including phenoxy) is 4. The molecule has 0 aromatic carbocycles. The molecular weight excluding hydrogens is 310 g/mol. The van der Waals surface area contributed by atoms with Crippen LogP contribution in [-0.2, 0) is 18.9 Å². The van der Waals surface area contributed by atoms with Gasteiger partial charge in [-0.25, -0.2) is 0 Å². The Morgan fingerprint density at radius 3 is 2.08 bits per heavy atom. The van der Waals surface area contributed by atoms with Crippen molar-refractivity contribution in [3.63, 3.8) is 0 Å². The topological polar surface area (TPSA) is 73.3 Å². The molecule has 140 valence electrons. The summed E-state index contributed by atoms with van der Waals surface area (Å²) in [5.74, 6) is 0.838. The molecule has 1 unspecified atom stereocenters. The molecule has 0 amide bonds. The normalized spacial score (nSPS) is 22.7. The lowest BCUT2D eigenvalue weighted by atomic mass is 10.1. The van der Waals surface area contributed by atoms with E-state index in [1.807, 2.05) is 0 Å². The Morgan fingerprint density at radius 1 is 0.917 bits per heavy atom. The second-order valence-corrected chi connectivity index (χ2v) is 6.17. The molecular formula is C17H33N3O4. The summed E-state index contributed by atoms with van der Waals surface area (Å²) in [7, 11) is 1.79. The highest BCUT2D eigenvalue weighted by Gasteiger charge is 2.15. The van der Waals surface area contributed by atoms with Crippen LogP contribution in [0.15, 0.2) is 4.99 Å². The van der Waals surface area contributed by atoms with Crippen molar-refractivity contribution in [1.82, 2.24) is 10.6 Å². The molecule has 7 nitrogen and oxygen atoms in total. The highest BCUT2D eigenvalue weighted by molar-refractivity contribution is 5.79. The second kappa shape index (κ2) is 12.5. The van der Waals surface area contributed by atoms with E-state index in [9.17, 15) is 0 Å². The van der Waals surface area contributed by atoms with Crippen LogP contribution in [0.5, 0.6) is 0 Å². The maximum atomic E-state index is 5.85. The van der Waals surface area contributed by atoms with Crippen molar-refractivity contribution < 1.29 is 18.9 Å². The number of nitrogens with one attached hydrogen (secondary N) is 2. The van der Waals surface area contributed by atoms with E-state index in [-0.39, 0.29) is 6.10 Å². The quantitative estimate of drug-likeness (QED) is 0.349. The maximum Gasteiger partial charge on any atom is 0.190 e. The zero-order valence-electron chi connectivity index (χ0n) is 14.9. The summed E-state index contributed by atoms with van der Waals surface area (Å²) in [6.45, 7) is 6.49. The summed E-state index contributed by atoms with van der Waals surface area (Å²) in [5.41, 5.74) is 0. The highest BCUT2D eigenvalue weighted by Crippen LogP contribution is 2.10. The van der Waals surface area contributed by atoms with Gasteiger partial charge in [0.15, 0.2) is 5.96 Å². The maximum absolute atomic E-state index is 5.85. The first-order chi connectivity index (χ1) is 11.9. The van der Waals surface area contributed by atoms with Crippen molar-refractivity contribution >= 4 is 5.96 Å². The van der Waals surface area contributed by atoms with Crippen molar-refractivity contribution in [2.24, 2.45) is 4.99 Å². The molecule has 2 N–H and O–H groups in total.